The van der Waals surface area contributed by atoms with Crippen LogP contribution in [0.15, 0.2) is 54.1 Å². The molecule has 134 valence electrons. The number of ether oxygens (including phenoxy) is 2. The molecule has 0 radical (unpaired) electrons. The second kappa shape index (κ2) is 7.75. The minimum absolute atomic E-state index is 0.0396. The van der Waals surface area contributed by atoms with Gasteiger partial charge in [0, 0.05) is 12.1 Å². The fraction of sp³-hybridized carbons (Fsp3) is 0.318. The van der Waals surface area contributed by atoms with Gasteiger partial charge < -0.3 is 9.47 Å². The monoisotopic (exact) mass is 349 g/mol. The van der Waals surface area contributed by atoms with Crippen molar-refractivity contribution in [1.29, 1.82) is 0 Å². The number of fused-ring (bicyclic) bond motifs is 1. The molecule has 2 aliphatic heterocycles. The number of carbonyl (C=O) groups excluding carboxylic acids is 1. The van der Waals surface area contributed by atoms with Gasteiger partial charge in [-0.25, -0.2) is 0 Å². The van der Waals surface area contributed by atoms with Gasteiger partial charge in [0.15, 0.2) is 5.78 Å². The van der Waals surface area contributed by atoms with Crippen LogP contribution in [0.4, 0.5) is 0 Å². The van der Waals surface area contributed by atoms with Gasteiger partial charge in [0.05, 0.1) is 5.56 Å². The van der Waals surface area contributed by atoms with Crippen LogP contribution < -0.4 is 9.47 Å². The van der Waals surface area contributed by atoms with Crippen molar-refractivity contribution in [2.24, 2.45) is 0 Å². The van der Waals surface area contributed by atoms with E-state index in [-0.39, 0.29) is 5.78 Å². The minimum Gasteiger partial charge on any atom is -0.492 e. The van der Waals surface area contributed by atoms with E-state index in [0.717, 1.165) is 17.9 Å². The van der Waals surface area contributed by atoms with Gasteiger partial charge in [-0.05, 0) is 61.8 Å². The Kier molecular flexibility index (Phi) is 5.02. The minimum atomic E-state index is 0.0396. The summed E-state index contributed by atoms with van der Waals surface area (Å²) in [5, 5.41) is 0. The Morgan fingerprint density at radius 1 is 1.04 bits per heavy atom. The molecule has 0 unspecified atom stereocenters. The molecule has 2 aromatic carbocycles. The number of benzene rings is 2. The highest BCUT2D eigenvalue weighted by Gasteiger charge is 2.22. The first-order valence-electron chi connectivity index (χ1n) is 9.22. The van der Waals surface area contributed by atoms with E-state index in [1.807, 2.05) is 54.6 Å². The summed E-state index contributed by atoms with van der Waals surface area (Å²) in [5.41, 5.74) is 2.28. The Hall–Kier alpha value is -2.59. The van der Waals surface area contributed by atoms with E-state index in [9.17, 15) is 4.79 Å². The van der Waals surface area contributed by atoms with Crippen molar-refractivity contribution < 1.29 is 14.3 Å². The van der Waals surface area contributed by atoms with Gasteiger partial charge in [-0.15, -0.1) is 0 Å². The molecule has 2 aliphatic rings. The third-order valence-corrected chi connectivity index (χ3v) is 4.90. The van der Waals surface area contributed by atoms with E-state index in [0.29, 0.717) is 30.1 Å². The Morgan fingerprint density at radius 2 is 1.81 bits per heavy atom. The number of carbonyl (C=O) groups is 1. The first kappa shape index (κ1) is 16.9. The average Bonchev–Trinajstić information content (AvgIpc) is 3.19. The van der Waals surface area contributed by atoms with Gasteiger partial charge in [0.2, 0.25) is 0 Å². The molecule has 0 aliphatic carbocycles. The molecule has 4 heteroatoms. The predicted octanol–water partition coefficient (Wildman–Crippen LogP) is 3.82. The van der Waals surface area contributed by atoms with Gasteiger partial charge in [0.1, 0.15) is 24.7 Å². The zero-order valence-electron chi connectivity index (χ0n) is 14.8. The molecule has 0 aromatic heterocycles. The Bertz CT molecular complexity index is 804. The summed E-state index contributed by atoms with van der Waals surface area (Å²) in [5.74, 6) is 1.57. The molecular weight excluding hydrogens is 326 g/mol. The third kappa shape index (κ3) is 3.81. The normalized spacial score (nSPS) is 18.6. The van der Waals surface area contributed by atoms with Crippen LogP contribution in [0.2, 0.25) is 0 Å². The van der Waals surface area contributed by atoms with Crippen LogP contribution in [0.3, 0.4) is 0 Å². The topological polar surface area (TPSA) is 38.8 Å². The second-order valence-corrected chi connectivity index (χ2v) is 6.75. The molecule has 1 saturated heterocycles. The van der Waals surface area contributed by atoms with Crippen molar-refractivity contribution in [1.82, 2.24) is 4.90 Å². The van der Waals surface area contributed by atoms with Gasteiger partial charge in [-0.3, -0.25) is 9.69 Å². The lowest BCUT2D eigenvalue weighted by molar-refractivity contribution is 0.100. The Morgan fingerprint density at radius 3 is 2.62 bits per heavy atom. The van der Waals surface area contributed by atoms with Crippen molar-refractivity contribution >= 4 is 11.9 Å². The number of Topliss-reactive ketones (excluding diaryl/α,β-unsaturated/α-hetero) is 1. The van der Waals surface area contributed by atoms with E-state index >= 15 is 0 Å². The quantitative estimate of drug-likeness (QED) is 0.769. The lowest BCUT2D eigenvalue weighted by Crippen LogP contribution is -2.25. The van der Waals surface area contributed by atoms with Crippen LogP contribution >= 0.6 is 0 Å². The molecule has 2 aromatic rings. The maximum absolute atomic E-state index is 12.6. The molecular formula is C22H23NO3. The van der Waals surface area contributed by atoms with Gasteiger partial charge in [-0.2, -0.15) is 0 Å². The number of nitrogens with zero attached hydrogens (tertiary/aromatic N) is 1. The summed E-state index contributed by atoms with van der Waals surface area (Å²) in [6, 6.07) is 15.2. The summed E-state index contributed by atoms with van der Waals surface area (Å²) in [6.07, 6.45) is 4.50. The maximum atomic E-state index is 12.6. The number of rotatable bonds is 5. The van der Waals surface area contributed by atoms with E-state index < -0.39 is 0 Å². The second-order valence-electron chi connectivity index (χ2n) is 6.75. The number of ketones is 1. The first-order valence-corrected chi connectivity index (χ1v) is 9.22. The predicted molar refractivity (Wildman–Crippen MR) is 102 cm³/mol. The van der Waals surface area contributed by atoms with Gasteiger partial charge >= 0.3 is 0 Å². The largest absolute Gasteiger partial charge is 0.492 e. The molecule has 0 N–H and O–H groups in total. The summed E-state index contributed by atoms with van der Waals surface area (Å²) in [7, 11) is 0. The summed E-state index contributed by atoms with van der Waals surface area (Å²) >= 11 is 0. The smallest absolute Gasteiger partial charge is 0.196 e. The van der Waals surface area contributed by atoms with E-state index in [1.165, 1.54) is 25.9 Å². The van der Waals surface area contributed by atoms with E-state index in [2.05, 4.69) is 4.90 Å². The maximum Gasteiger partial charge on any atom is 0.196 e. The number of hydrogen-bond donors (Lipinski definition) is 0. The van der Waals surface area contributed by atoms with E-state index in [1.54, 1.807) is 0 Å². The lowest BCUT2D eigenvalue weighted by Gasteiger charge is -2.18. The molecule has 0 saturated carbocycles. The van der Waals surface area contributed by atoms with Crippen molar-refractivity contribution in [3.05, 3.63) is 65.2 Å². The van der Waals surface area contributed by atoms with Crippen LogP contribution in [0.1, 0.15) is 28.8 Å². The van der Waals surface area contributed by atoms with E-state index in [4.69, 9.17) is 9.47 Å². The molecule has 4 rings (SSSR count). The van der Waals surface area contributed by atoms with Crippen LogP contribution in [-0.2, 0) is 0 Å². The summed E-state index contributed by atoms with van der Waals surface area (Å²) < 4.78 is 11.5. The van der Waals surface area contributed by atoms with Gasteiger partial charge in [0.25, 0.3) is 0 Å². The van der Waals surface area contributed by atoms with Crippen LogP contribution in [-0.4, -0.2) is 43.5 Å². The van der Waals surface area contributed by atoms with Crippen LogP contribution in [0.5, 0.6) is 11.5 Å². The summed E-state index contributed by atoms with van der Waals surface area (Å²) in [4.78, 5) is 15.0. The molecule has 2 heterocycles. The van der Waals surface area contributed by atoms with Crippen LogP contribution in [0, 0.1) is 0 Å². The average molecular weight is 349 g/mol. The summed E-state index contributed by atoms with van der Waals surface area (Å²) in [6.45, 7) is 4.38. The first-order chi connectivity index (χ1) is 12.8. The third-order valence-electron chi connectivity index (χ3n) is 4.90. The van der Waals surface area contributed by atoms with Crippen molar-refractivity contribution in [3.63, 3.8) is 0 Å². The molecule has 0 bridgehead atoms. The number of para-hydroxylation sites is 1. The molecule has 4 nitrogen and oxygen atoms in total. The SMILES string of the molecule is O=C1/C(=C\c2ccc(OCCN3CCCC3)cc2)COc2ccccc21. The van der Waals surface area contributed by atoms with Crippen molar-refractivity contribution in [2.75, 3.05) is 32.8 Å². The number of hydrogen-bond acceptors (Lipinski definition) is 4. The number of likely N-dealkylation sites (tertiary alicyclic amines) is 1. The highest BCUT2D eigenvalue weighted by atomic mass is 16.5. The highest BCUT2D eigenvalue weighted by Crippen LogP contribution is 2.27. The fourth-order valence-electron chi connectivity index (χ4n) is 3.44. The fourth-order valence-corrected chi connectivity index (χ4v) is 3.44. The van der Waals surface area contributed by atoms with Crippen molar-refractivity contribution in [2.45, 2.75) is 12.8 Å². The molecule has 26 heavy (non-hydrogen) atoms. The van der Waals surface area contributed by atoms with Crippen LogP contribution in [0.25, 0.3) is 6.08 Å². The molecule has 0 amide bonds. The molecule has 0 spiro atoms. The standard InChI is InChI=1S/C22H23NO3/c24-22-18(16-26-21-6-2-1-5-20(21)22)15-17-7-9-19(10-8-17)25-14-13-23-11-3-4-12-23/h1-2,5-10,15H,3-4,11-14,16H2/b18-15-. The Labute approximate surface area is 154 Å². The lowest BCUT2D eigenvalue weighted by atomic mass is 9.98. The molecule has 0 atom stereocenters. The zero-order chi connectivity index (χ0) is 17.8. The highest BCUT2D eigenvalue weighted by molar-refractivity contribution is 6.14. The Balaban J connectivity index is 1.38. The van der Waals surface area contributed by atoms with Crippen molar-refractivity contribution in [3.8, 4) is 11.5 Å². The van der Waals surface area contributed by atoms with Gasteiger partial charge in [-0.1, -0.05) is 24.3 Å². The molecule has 1 fully saturated rings. The zero-order valence-corrected chi connectivity index (χ0v) is 14.8.